The molecule has 1 aliphatic heterocycles. The normalized spacial score (nSPS) is 15.6. The van der Waals surface area contributed by atoms with E-state index in [9.17, 15) is 4.39 Å². The number of rotatable bonds is 4. The Kier molecular flexibility index (Phi) is 3.66. The molecule has 0 radical (unpaired) electrons. The maximum absolute atomic E-state index is 13.9. The Hall–Kier alpha value is -2.27. The second kappa shape index (κ2) is 5.61. The minimum Gasteiger partial charge on any atom is -0.484 e. The summed E-state index contributed by atoms with van der Waals surface area (Å²) >= 11 is 0. The van der Waals surface area contributed by atoms with Crippen molar-refractivity contribution in [2.45, 2.75) is 19.1 Å². The Morgan fingerprint density at radius 1 is 1.14 bits per heavy atom. The first-order chi connectivity index (χ1) is 10.1. The number of halogens is 1. The summed E-state index contributed by atoms with van der Waals surface area (Å²) in [6.07, 6.45) is -0.577. The molecule has 0 aromatic heterocycles. The molecule has 0 spiro atoms. The van der Waals surface area contributed by atoms with E-state index < -0.39 is 6.10 Å². The number of benzene rings is 2. The van der Waals surface area contributed by atoms with Gasteiger partial charge in [-0.25, -0.2) is 4.39 Å². The van der Waals surface area contributed by atoms with Gasteiger partial charge in [0, 0.05) is 17.7 Å². The van der Waals surface area contributed by atoms with Crippen molar-refractivity contribution in [3.8, 4) is 17.2 Å². The highest BCUT2D eigenvalue weighted by Gasteiger charge is 2.23. The molecular weight excluding hydrogens is 273 g/mol. The summed E-state index contributed by atoms with van der Waals surface area (Å²) in [4.78, 5) is 0. The maximum atomic E-state index is 13.9. The van der Waals surface area contributed by atoms with Crippen LogP contribution in [-0.2, 0) is 0 Å². The van der Waals surface area contributed by atoms with E-state index in [1.54, 1.807) is 43.3 Å². The van der Waals surface area contributed by atoms with Crippen LogP contribution in [0.15, 0.2) is 42.5 Å². The van der Waals surface area contributed by atoms with Crippen LogP contribution in [0, 0.1) is 5.82 Å². The molecule has 21 heavy (non-hydrogen) atoms. The molecule has 0 saturated heterocycles. The zero-order chi connectivity index (χ0) is 14.8. The van der Waals surface area contributed by atoms with Crippen LogP contribution >= 0.6 is 0 Å². The van der Waals surface area contributed by atoms with Crippen molar-refractivity contribution >= 4 is 0 Å². The summed E-state index contributed by atoms with van der Waals surface area (Å²) in [5.41, 5.74) is 6.39. The smallest absolute Gasteiger partial charge is 0.231 e. The molecule has 110 valence electrons. The van der Waals surface area contributed by atoms with Crippen molar-refractivity contribution in [2.24, 2.45) is 5.73 Å². The van der Waals surface area contributed by atoms with Gasteiger partial charge < -0.3 is 19.9 Å². The van der Waals surface area contributed by atoms with Crippen molar-refractivity contribution in [1.29, 1.82) is 0 Å². The van der Waals surface area contributed by atoms with E-state index in [4.69, 9.17) is 19.9 Å². The number of hydrogen-bond acceptors (Lipinski definition) is 4. The molecule has 0 saturated carbocycles. The van der Waals surface area contributed by atoms with Gasteiger partial charge in [-0.2, -0.15) is 0 Å². The molecule has 0 bridgehead atoms. The highest BCUT2D eigenvalue weighted by Crippen LogP contribution is 2.37. The van der Waals surface area contributed by atoms with Crippen molar-refractivity contribution in [3.05, 3.63) is 53.8 Å². The maximum Gasteiger partial charge on any atom is 0.231 e. The Labute approximate surface area is 122 Å². The third-order valence-corrected chi connectivity index (χ3v) is 3.30. The lowest BCUT2D eigenvalue weighted by Crippen LogP contribution is -2.29. The zero-order valence-electron chi connectivity index (χ0n) is 11.6. The molecule has 1 aliphatic rings. The van der Waals surface area contributed by atoms with Crippen LogP contribution in [0.5, 0.6) is 17.2 Å². The molecule has 2 N–H and O–H groups in total. The molecule has 2 atom stereocenters. The van der Waals surface area contributed by atoms with Gasteiger partial charge in [0.05, 0.1) is 0 Å². The topological polar surface area (TPSA) is 53.7 Å². The highest BCUT2D eigenvalue weighted by atomic mass is 19.1. The molecule has 2 unspecified atom stereocenters. The molecule has 4 nitrogen and oxygen atoms in total. The van der Waals surface area contributed by atoms with Gasteiger partial charge in [0.25, 0.3) is 0 Å². The Balaban J connectivity index is 1.88. The van der Waals surface area contributed by atoms with E-state index in [2.05, 4.69) is 0 Å². The molecule has 1 heterocycles. The van der Waals surface area contributed by atoms with Crippen LogP contribution in [0.25, 0.3) is 0 Å². The zero-order valence-corrected chi connectivity index (χ0v) is 11.6. The van der Waals surface area contributed by atoms with Crippen LogP contribution in [-0.4, -0.2) is 12.8 Å². The molecule has 3 rings (SSSR count). The second-order valence-corrected chi connectivity index (χ2v) is 4.93. The van der Waals surface area contributed by atoms with Crippen LogP contribution in [0.1, 0.15) is 18.6 Å². The number of hydrogen-bond donors (Lipinski definition) is 1. The SMILES string of the molecule is CC(N)C(Oc1ccc2c(c1)OCO2)c1ccccc1F. The van der Waals surface area contributed by atoms with Crippen molar-refractivity contribution in [2.75, 3.05) is 6.79 Å². The van der Waals surface area contributed by atoms with Gasteiger partial charge in [0.15, 0.2) is 11.5 Å². The Morgan fingerprint density at radius 2 is 1.90 bits per heavy atom. The van der Waals surface area contributed by atoms with Crippen LogP contribution in [0.2, 0.25) is 0 Å². The number of nitrogens with two attached hydrogens (primary N) is 1. The predicted octanol–water partition coefficient (Wildman–Crippen LogP) is 3.02. The lowest BCUT2D eigenvalue weighted by Gasteiger charge is -2.23. The third-order valence-electron chi connectivity index (χ3n) is 3.30. The molecule has 2 aromatic carbocycles. The highest BCUT2D eigenvalue weighted by molar-refractivity contribution is 5.47. The first-order valence-corrected chi connectivity index (χ1v) is 6.71. The van der Waals surface area contributed by atoms with Gasteiger partial charge in [-0.15, -0.1) is 0 Å². The monoisotopic (exact) mass is 289 g/mol. The van der Waals surface area contributed by atoms with E-state index in [0.717, 1.165) is 0 Å². The van der Waals surface area contributed by atoms with Crippen molar-refractivity contribution in [1.82, 2.24) is 0 Å². The van der Waals surface area contributed by atoms with E-state index in [1.807, 2.05) is 0 Å². The minimum absolute atomic E-state index is 0.197. The average Bonchev–Trinajstić information content (AvgIpc) is 2.93. The van der Waals surface area contributed by atoms with Gasteiger partial charge in [-0.1, -0.05) is 18.2 Å². The summed E-state index contributed by atoms with van der Waals surface area (Å²) < 4.78 is 30.4. The molecule has 5 heteroatoms. The number of ether oxygens (including phenoxy) is 3. The van der Waals surface area contributed by atoms with Gasteiger partial charge in [0.2, 0.25) is 6.79 Å². The van der Waals surface area contributed by atoms with Gasteiger partial charge in [-0.3, -0.25) is 0 Å². The van der Waals surface area contributed by atoms with Crippen LogP contribution in [0.3, 0.4) is 0 Å². The summed E-state index contributed by atoms with van der Waals surface area (Å²) in [6, 6.07) is 11.3. The van der Waals surface area contributed by atoms with Crippen LogP contribution in [0.4, 0.5) is 4.39 Å². The summed E-state index contributed by atoms with van der Waals surface area (Å²) in [7, 11) is 0. The van der Waals surface area contributed by atoms with Crippen molar-refractivity contribution in [3.63, 3.8) is 0 Å². The Bertz CT molecular complexity index is 645. The standard InChI is InChI=1S/C16H16FNO3/c1-10(18)16(12-4-2-3-5-13(12)17)21-11-6-7-14-15(8-11)20-9-19-14/h2-8,10,16H,9,18H2,1H3. The second-order valence-electron chi connectivity index (χ2n) is 4.93. The predicted molar refractivity (Wildman–Crippen MR) is 76.0 cm³/mol. The van der Waals surface area contributed by atoms with Crippen LogP contribution < -0.4 is 19.9 Å². The fourth-order valence-corrected chi connectivity index (χ4v) is 2.26. The summed E-state index contributed by atoms with van der Waals surface area (Å²) in [6.45, 7) is 1.98. The summed E-state index contributed by atoms with van der Waals surface area (Å²) in [5.74, 6) is 1.51. The quantitative estimate of drug-likeness (QED) is 0.940. The van der Waals surface area contributed by atoms with E-state index >= 15 is 0 Å². The molecule has 0 fully saturated rings. The summed E-state index contributed by atoms with van der Waals surface area (Å²) in [5, 5.41) is 0. The molecule has 0 aliphatic carbocycles. The third kappa shape index (κ3) is 2.78. The van der Waals surface area contributed by atoms with E-state index in [-0.39, 0.29) is 18.7 Å². The van der Waals surface area contributed by atoms with Gasteiger partial charge >= 0.3 is 0 Å². The van der Waals surface area contributed by atoms with E-state index in [1.165, 1.54) is 6.07 Å². The fraction of sp³-hybridized carbons (Fsp3) is 0.250. The first-order valence-electron chi connectivity index (χ1n) is 6.71. The molecular formula is C16H16FNO3. The van der Waals surface area contributed by atoms with E-state index in [0.29, 0.717) is 22.8 Å². The fourth-order valence-electron chi connectivity index (χ4n) is 2.26. The average molecular weight is 289 g/mol. The lowest BCUT2D eigenvalue weighted by molar-refractivity contribution is 0.170. The lowest BCUT2D eigenvalue weighted by atomic mass is 10.0. The first kappa shape index (κ1) is 13.7. The van der Waals surface area contributed by atoms with Crippen molar-refractivity contribution < 1.29 is 18.6 Å². The molecule has 0 amide bonds. The molecule has 2 aromatic rings. The van der Waals surface area contributed by atoms with Gasteiger partial charge in [0.1, 0.15) is 17.7 Å². The van der Waals surface area contributed by atoms with Gasteiger partial charge in [-0.05, 0) is 25.1 Å². The Morgan fingerprint density at radius 3 is 2.67 bits per heavy atom. The minimum atomic E-state index is -0.577. The largest absolute Gasteiger partial charge is 0.484 e. The number of fused-ring (bicyclic) bond motifs is 1.